The molecule has 0 aromatic rings. The Morgan fingerprint density at radius 3 is 0.969 bits per heavy atom. The number of phosphoric acid groups is 2. The first kappa shape index (κ1) is 93.7. The van der Waals surface area contributed by atoms with Gasteiger partial charge in [0, 0.05) is 19.3 Å². The van der Waals surface area contributed by atoms with Crippen molar-refractivity contribution in [2.45, 2.75) is 329 Å². The summed E-state index contributed by atoms with van der Waals surface area (Å²) < 4.78 is 68.3. The van der Waals surface area contributed by atoms with Gasteiger partial charge >= 0.3 is 39.5 Å². The van der Waals surface area contributed by atoms with Crippen LogP contribution >= 0.6 is 15.6 Å². The fourth-order valence-electron chi connectivity index (χ4n) is 9.95. The van der Waals surface area contributed by atoms with Crippen LogP contribution in [0.2, 0.25) is 0 Å². The highest BCUT2D eigenvalue weighted by Gasteiger charge is 2.30. The summed E-state index contributed by atoms with van der Waals surface area (Å²) >= 11 is 0. The maximum absolute atomic E-state index is 13.1. The molecule has 19 heteroatoms. The first-order valence-corrected chi connectivity index (χ1v) is 41.1. The van der Waals surface area contributed by atoms with E-state index in [0.717, 1.165) is 141 Å². The Morgan fingerprint density at radius 2 is 0.592 bits per heavy atom. The first-order valence-electron chi connectivity index (χ1n) is 38.1. The van der Waals surface area contributed by atoms with E-state index in [9.17, 15) is 43.2 Å². The molecule has 0 heterocycles. The molecule has 0 bridgehead atoms. The Bertz CT molecular complexity index is 2290. The van der Waals surface area contributed by atoms with Gasteiger partial charge in [-0.05, 0) is 109 Å². The quantitative estimate of drug-likeness (QED) is 0.0169. The largest absolute Gasteiger partial charge is 0.472 e. The van der Waals surface area contributed by atoms with Gasteiger partial charge in [0.25, 0.3) is 0 Å². The molecular formula is C79H136O17P2. The minimum Gasteiger partial charge on any atom is -0.462 e. The van der Waals surface area contributed by atoms with Crippen LogP contribution in [0.4, 0.5) is 0 Å². The highest BCUT2D eigenvalue weighted by Crippen LogP contribution is 2.45. The summed E-state index contributed by atoms with van der Waals surface area (Å²) in [6.07, 6.45) is 75.4. The third kappa shape index (κ3) is 70.2. The SMILES string of the molecule is CC/C=C\C/C=C\C/C=C\C/C=C\C/C=C\CC(=O)OCC(COP(=O)(O)OCC(O)COP(=O)(O)OCC(COC(=O)CCCCCCCCCCCCCCCCC)OC(=O)CCCCCCC/C=C\C/C=C\CCC)OC(=O)CCCCCCC/C=C\C/C=C\CCCCC. The number of hydrogen-bond acceptors (Lipinski definition) is 15. The van der Waals surface area contributed by atoms with Crippen molar-refractivity contribution in [3.05, 3.63) is 109 Å². The van der Waals surface area contributed by atoms with Gasteiger partial charge in [-0.1, -0.05) is 285 Å². The van der Waals surface area contributed by atoms with Crippen LogP contribution in [0.3, 0.4) is 0 Å². The second-order valence-corrected chi connectivity index (χ2v) is 28.1. The standard InChI is InChI=1S/C79H136O17P2/c1-5-9-13-17-21-25-29-33-36-40-43-47-51-55-59-63-76(81)89-69-74(95-78(83)65-61-57-53-49-45-39-32-28-24-20-16-12-8-4)71-93-97(85,86)91-67-73(80)68-92-98(87,88)94-72-75(96-79(84)66-62-58-54-50-46-42-38-35-31-27-23-19-15-11-7-3)70-90-77(82)64-60-56-52-48-44-41-37-34-30-26-22-18-14-10-6-2/h10,14,16,20,22-23,26-28,32,34-35,37-38,44,48,56,60,73-75,80H,5-9,11-13,15,17-19,21,24-25,29-31,33,36,39-43,45-47,49-55,57-59,61-72H2,1-4H3,(H,85,86)(H,87,88)/b14-10-,20-16-,26-22-,27-23-,32-28-,37-34-,38-35-,48-44-,60-56-. The number of carbonyl (C=O) groups is 4. The van der Waals surface area contributed by atoms with Crippen LogP contribution in [0.5, 0.6) is 0 Å². The van der Waals surface area contributed by atoms with Crippen LogP contribution in [0.25, 0.3) is 0 Å². The fourth-order valence-corrected chi connectivity index (χ4v) is 11.5. The van der Waals surface area contributed by atoms with Crippen LogP contribution in [-0.2, 0) is 65.4 Å². The van der Waals surface area contributed by atoms with E-state index in [2.05, 4.69) is 113 Å². The normalized spacial score (nSPS) is 14.6. The summed E-state index contributed by atoms with van der Waals surface area (Å²) in [6, 6.07) is 0. The smallest absolute Gasteiger partial charge is 0.462 e. The molecule has 17 nitrogen and oxygen atoms in total. The number of ether oxygens (including phenoxy) is 4. The number of allylic oxidation sites excluding steroid dienone is 17. The molecule has 0 fully saturated rings. The average molecular weight is 1420 g/mol. The molecule has 0 aliphatic carbocycles. The number of aliphatic hydroxyl groups excluding tert-OH is 1. The number of rotatable bonds is 71. The van der Waals surface area contributed by atoms with Gasteiger partial charge in [0.15, 0.2) is 12.2 Å². The topological polar surface area (TPSA) is 237 Å². The zero-order valence-electron chi connectivity index (χ0n) is 61.4. The van der Waals surface area contributed by atoms with Crippen LogP contribution in [-0.4, -0.2) is 96.7 Å². The third-order valence-corrected chi connectivity index (χ3v) is 17.6. The molecule has 0 rings (SSSR count). The monoisotopic (exact) mass is 1420 g/mol. The summed E-state index contributed by atoms with van der Waals surface area (Å²) in [4.78, 5) is 72.8. The van der Waals surface area contributed by atoms with E-state index >= 15 is 0 Å². The molecular weight excluding hydrogens is 1280 g/mol. The van der Waals surface area contributed by atoms with E-state index in [1.54, 1.807) is 6.08 Å². The van der Waals surface area contributed by atoms with Gasteiger partial charge in [-0.2, -0.15) is 0 Å². The summed E-state index contributed by atoms with van der Waals surface area (Å²) in [5.41, 5.74) is 0. The van der Waals surface area contributed by atoms with Gasteiger partial charge in [-0.3, -0.25) is 37.3 Å². The molecule has 0 amide bonds. The van der Waals surface area contributed by atoms with Crippen molar-refractivity contribution in [3.63, 3.8) is 0 Å². The summed E-state index contributed by atoms with van der Waals surface area (Å²) in [7, 11) is -9.98. The highest BCUT2D eigenvalue weighted by molar-refractivity contribution is 7.47. The van der Waals surface area contributed by atoms with Gasteiger partial charge in [0.2, 0.25) is 0 Å². The predicted octanol–water partition coefficient (Wildman–Crippen LogP) is 21.8. The molecule has 0 spiro atoms. The maximum Gasteiger partial charge on any atom is 0.472 e. The average Bonchev–Trinajstić information content (AvgIpc) is 1.04. The van der Waals surface area contributed by atoms with Crippen LogP contribution in [0.15, 0.2) is 109 Å². The molecule has 0 aromatic heterocycles. The van der Waals surface area contributed by atoms with Gasteiger partial charge in [-0.25, -0.2) is 9.13 Å². The summed E-state index contributed by atoms with van der Waals surface area (Å²) in [5, 5.41) is 10.6. The lowest BCUT2D eigenvalue weighted by Gasteiger charge is -2.21. The Kier molecular flexibility index (Phi) is 68.0. The van der Waals surface area contributed by atoms with Crippen LogP contribution in [0.1, 0.15) is 310 Å². The Hall–Kier alpha value is -4.28. The van der Waals surface area contributed by atoms with E-state index in [1.807, 2.05) is 18.2 Å². The lowest BCUT2D eigenvalue weighted by molar-refractivity contribution is -0.161. The first-order chi connectivity index (χ1) is 47.7. The molecule has 98 heavy (non-hydrogen) atoms. The van der Waals surface area contributed by atoms with E-state index in [4.69, 9.17) is 37.0 Å². The minimum absolute atomic E-state index is 0.0582. The summed E-state index contributed by atoms with van der Waals surface area (Å²) in [5.74, 6) is -2.34. The molecule has 0 saturated heterocycles. The Labute approximate surface area is 594 Å². The second kappa shape index (κ2) is 71.1. The fraction of sp³-hybridized carbons (Fsp3) is 0.722. The lowest BCUT2D eigenvalue weighted by atomic mass is 10.0. The molecule has 3 N–H and O–H groups in total. The molecule has 0 saturated carbocycles. The molecule has 0 radical (unpaired) electrons. The number of esters is 4. The number of carbonyl (C=O) groups excluding carboxylic acids is 4. The Balaban J connectivity index is 5.42. The third-order valence-electron chi connectivity index (χ3n) is 15.7. The van der Waals surface area contributed by atoms with Crippen molar-refractivity contribution in [1.29, 1.82) is 0 Å². The molecule has 564 valence electrons. The zero-order chi connectivity index (χ0) is 71.8. The van der Waals surface area contributed by atoms with Gasteiger partial charge in [0.05, 0.1) is 32.8 Å². The predicted molar refractivity (Wildman–Crippen MR) is 399 cm³/mol. The van der Waals surface area contributed by atoms with Crippen molar-refractivity contribution in [3.8, 4) is 0 Å². The van der Waals surface area contributed by atoms with E-state index in [0.29, 0.717) is 25.7 Å². The minimum atomic E-state index is -5.00. The van der Waals surface area contributed by atoms with Crippen molar-refractivity contribution >= 4 is 39.5 Å². The van der Waals surface area contributed by atoms with Crippen molar-refractivity contribution in [1.82, 2.24) is 0 Å². The summed E-state index contributed by atoms with van der Waals surface area (Å²) in [6.45, 7) is 4.54. The lowest BCUT2D eigenvalue weighted by Crippen LogP contribution is -2.30. The van der Waals surface area contributed by atoms with Crippen LogP contribution < -0.4 is 0 Å². The number of unbranched alkanes of at least 4 members (excludes halogenated alkanes) is 28. The molecule has 0 aliphatic heterocycles. The molecule has 0 aromatic carbocycles. The molecule has 0 aliphatic rings. The molecule has 5 unspecified atom stereocenters. The van der Waals surface area contributed by atoms with E-state index < -0.39 is 97.5 Å². The highest BCUT2D eigenvalue weighted by atomic mass is 31.2. The maximum atomic E-state index is 13.1. The van der Waals surface area contributed by atoms with E-state index in [-0.39, 0.29) is 25.7 Å². The van der Waals surface area contributed by atoms with Crippen LogP contribution in [0, 0.1) is 0 Å². The second-order valence-electron chi connectivity index (χ2n) is 25.2. The van der Waals surface area contributed by atoms with Crippen molar-refractivity contribution in [2.75, 3.05) is 39.6 Å². The van der Waals surface area contributed by atoms with Crippen molar-refractivity contribution in [2.24, 2.45) is 0 Å². The van der Waals surface area contributed by atoms with Crippen molar-refractivity contribution < 1.29 is 80.2 Å². The number of hydrogen-bond donors (Lipinski definition) is 3. The zero-order valence-corrected chi connectivity index (χ0v) is 63.2. The van der Waals surface area contributed by atoms with Gasteiger partial charge in [0.1, 0.15) is 19.3 Å². The van der Waals surface area contributed by atoms with E-state index in [1.165, 1.54) is 89.9 Å². The number of phosphoric ester groups is 2. The number of aliphatic hydroxyl groups is 1. The Morgan fingerprint density at radius 1 is 0.306 bits per heavy atom. The van der Waals surface area contributed by atoms with Gasteiger partial charge in [-0.15, -0.1) is 0 Å². The van der Waals surface area contributed by atoms with Gasteiger partial charge < -0.3 is 33.8 Å². The molecule has 5 atom stereocenters.